The van der Waals surface area contributed by atoms with Crippen LogP contribution in [0.2, 0.25) is 0 Å². The molecule has 1 aliphatic heterocycles. The van der Waals surface area contributed by atoms with E-state index in [-0.39, 0.29) is 47.2 Å². The number of ketones is 1. The van der Waals surface area contributed by atoms with Crippen LogP contribution >= 0.6 is 0 Å². The second-order valence-electron chi connectivity index (χ2n) is 14.1. The molecule has 5 aromatic rings. The predicted molar refractivity (Wildman–Crippen MR) is 197 cm³/mol. The van der Waals surface area contributed by atoms with Crippen molar-refractivity contribution in [2.45, 2.75) is 64.8 Å². The van der Waals surface area contributed by atoms with Crippen molar-refractivity contribution in [3.63, 3.8) is 0 Å². The Morgan fingerprint density at radius 3 is 2.02 bits per heavy atom. The molecule has 0 bridgehead atoms. The summed E-state index contributed by atoms with van der Waals surface area (Å²) in [6, 6.07) is 2.46. The lowest BCUT2D eigenvalue weighted by Gasteiger charge is -2.44. The van der Waals surface area contributed by atoms with Gasteiger partial charge in [0.15, 0.2) is 22.4 Å². The van der Waals surface area contributed by atoms with Gasteiger partial charge in [-0.15, -0.1) is 0 Å². The average molecular weight is 699 g/mol. The maximum absolute atomic E-state index is 14.3. The number of aromatic hydroxyl groups is 1. The molecule has 0 amide bonds. The molecule has 5 aromatic carbocycles. The van der Waals surface area contributed by atoms with Crippen molar-refractivity contribution >= 4 is 66.3 Å². The van der Waals surface area contributed by atoms with Gasteiger partial charge in [-0.05, 0) is 73.5 Å². The zero-order chi connectivity index (χ0) is 36.5. The molecule has 1 aliphatic carbocycles. The van der Waals surface area contributed by atoms with Crippen LogP contribution in [0.25, 0.3) is 49.2 Å². The minimum absolute atomic E-state index is 0.0155. The fourth-order valence-electron chi connectivity index (χ4n) is 8.50. The Balaban J connectivity index is 1.65. The highest BCUT2D eigenvalue weighted by Gasteiger charge is 2.41. The SMILES string of the molecule is COc1c(O)c2c(=O)cc(CO)c3c4c(CO)cc(=O)c5c6c(c7c(c(c1C(C(C)=O)C(C)=C7)c23)c54)NC(CCOCCOCCO)C(C)(C)N6. The Bertz CT molecular complexity index is 2390. The molecule has 7 rings (SSSR count). The number of aliphatic hydroxyl groups excluding tert-OH is 3. The third-order valence-electron chi connectivity index (χ3n) is 10.6. The largest absolute Gasteiger partial charge is 0.504 e. The number of nitrogens with one attached hydrogen (secondary N) is 2. The van der Waals surface area contributed by atoms with E-state index in [2.05, 4.69) is 10.6 Å². The van der Waals surface area contributed by atoms with Gasteiger partial charge < -0.3 is 45.3 Å². The number of rotatable bonds is 12. The highest BCUT2D eigenvalue weighted by Crippen LogP contribution is 2.57. The zero-order valence-corrected chi connectivity index (χ0v) is 29.3. The molecule has 0 aromatic heterocycles. The van der Waals surface area contributed by atoms with Crippen molar-refractivity contribution < 1.29 is 39.4 Å². The lowest BCUT2D eigenvalue weighted by molar-refractivity contribution is -0.117. The van der Waals surface area contributed by atoms with E-state index in [1.165, 1.54) is 26.2 Å². The molecular weight excluding hydrogens is 656 g/mol. The standard InChI is InChI=1S/C39H42N2O10/c1-17-12-21-28-31-26(27-20(16-44)14-23(47)30-32(27)33(28)34(25(17)18(2)45)38(49-5)37(30)48)19(15-43)13-22(46)29(31)36-35(21)40-24(39(3,4)41-36)6-8-50-10-11-51-9-7-42/h12-14,24-25,40-44,48H,6-11,15-16H2,1-5H3. The van der Waals surface area contributed by atoms with Crippen LogP contribution in [0.5, 0.6) is 11.5 Å². The molecule has 268 valence electrons. The number of phenolic OH excluding ortho intramolecular Hbond substituents is 1. The van der Waals surface area contributed by atoms with Crippen LogP contribution in [-0.4, -0.2) is 77.9 Å². The second-order valence-corrected chi connectivity index (χ2v) is 14.1. The Morgan fingerprint density at radius 2 is 1.43 bits per heavy atom. The number of hydrogen-bond acceptors (Lipinski definition) is 12. The Labute approximate surface area is 292 Å². The number of phenols is 1. The Kier molecular flexibility index (Phi) is 8.79. The summed E-state index contributed by atoms with van der Waals surface area (Å²) in [5.41, 5.74) is 1.98. The van der Waals surface area contributed by atoms with Gasteiger partial charge in [0.05, 0.1) is 86.4 Å². The number of anilines is 2. The van der Waals surface area contributed by atoms with Gasteiger partial charge in [-0.1, -0.05) is 11.6 Å². The molecule has 12 nitrogen and oxygen atoms in total. The fourth-order valence-corrected chi connectivity index (χ4v) is 8.50. The minimum Gasteiger partial charge on any atom is -0.504 e. The number of allylic oxidation sites excluding steroid dienone is 1. The first-order valence-electron chi connectivity index (χ1n) is 17.1. The summed E-state index contributed by atoms with van der Waals surface area (Å²) in [6.45, 7) is 7.62. The monoisotopic (exact) mass is 698 g/mol. The van der Waals surface area contributed by atoms with Crippen molar-refractivity contribution in [3.05, 3.63) is 60.4 Å². The van der Waals surface area contributed by atoms with Crippen LogP contribution in [0.1, 0.15) is 62.3 Å². The van der Waals surface area contributed by atoms with Crippen molar-refractivity contribution in [1.82, 2.24) is 0 Å². The van der Waals surface area contributed by atoms with Gasteiger partial charge >= 0.3 is 0 Å². The number of aliphatic hydroxyl groups is 3. The number of ether oxygens (including phenoxy) is 3. The van der Waals surface area contributed by atoms with Crippen LogP contribution in [0, 0.1) is 0 Å². The van der Waals surface area contributed by atoms with Crippen LogP contribution in [0.3, 0.4) is 0 Å². The molecule has 6 N–H and O–H groups in total. The number of Topliss-reactive ketones (excluding diaryl/α,β-unsaturated/α-hetero) is 1. The van der Waals surface area contributed by atoms with Gasteiger partial charge in [0.25, 0.3) is 0 Å². The molecular formula is C39H42N2O10. The summed E-state index contributed by atoms with van der Waals surface area (Å²) in [7, 11) is 1.37. The fraction of sp³-hybridized carbons (Fsp3) is 0.410. The van der Waals surface area contributed by atoms with Gasteiger partial charge in [0.1, 0.15) is 5.78 Å². The highest BCUT2D eigenvalue weighted by atomic mass is 16.5. The summed E-state index contributed by atoms with van der Waals surface area (Å²) in [6.07, 6.45) is 2.49. The van der Waals surface area contributed by atoms with Crippen LogP contribution in [-0.2, 0) is 27.5 Å². The van der Waals surface area contributed by atoms with E-state index >= 15 is 0 Å². The summed E-state index contributed by atoms with van der Waals surface area (Å²) in [5, 5.41) is 52.6. The van der Waals surface area contributed by atoms with Gasteiger partial charge in [-0.25, -0.2) is 0 Å². The molecule has 0 saturated carbocycles. The summed E-state index contributed by atoms with van der Waals surface area (Å²) in [4.78, 5) is 41.8. The molecule has 1 heterocycles. The number of hydrogen-bond donors (Lipinski definition) is 6. The molecule has 12 heteroatoms. The summed E-state index contributed by atoms with van der Waals surface area (Å²) in [5.74, 6) is -1.54. The maximum Gasteiger partial charge on any atom is 0.190 e. The molecule has 2 aliphatic rings. The molecule has 2 unspecified atom stereocenters. The maximum atomic E-state index is 14.3. The molecule has 51 heavy (non-hydrogen) atoms. The lowest BCUT2D eigenvalue weighted by Crippen LogP contribution is -2.52. The average Bonchev–Trinajstić information content (AvgIpc) is 3.22. The van der Waals surface area contributed by atoms with E-state index in [9.17, 15) is 29.7 Å². The van der Waals surface area contributed by atoms with Crippen LogP contribution in [0.4, 0.5) is 11.4 Å². The zero-order valence-electron chi connectivity index (χ0n) is 29.3. The number of carbonyl (C=O) groups is 1. The van der Waals surface area contributed by atoms with E-state index in [0.29, 0.717) is 97.6 Å². The minimum atomic E-state index is -0.886. The van der Waals surface area contributed by atoms with E-state index in [1.54, 1.807) is 0 Å². The first-order chi connectivity index (χ1) is 24.4. The normalized spacial score (nSPS) is 17.9. The van der Waals surface area contributed by atoms with Gasteiger partial charge in [0, 0.05) is 33.9 Å². The van der Waals surface area contributed by atoms with E-state index in [0.717, 1.165) is 0 Å². The third kappa shape index (κ3) is 5.11. The molecule has 0 fully saturated rings. The van der Waals surface area contributed by atoms with Gasteiger partial charge in [-0.2, -0.15) is 0 Å². The van der Waals surface area contributed by atoms with E-state index in [1.807, 2.05) is 26.8 Å². The van der Waals surface area contributed by atoms with Crippen LogP contribution < -0.4 is 26.2 Å². The number of carbonyl (C=O) groups excluding carboxylic acids is 1. The smallest absolute Gasteiger partial charge is 0.190 e. The second kappa shape index (κ2) is 12.9. The van der Waals surface area contributed by atoms with Gasteiger partial charge in [-0.3, -0.25) is 14.4 Å². The third-order valence-corrected chi connectivity index (χ3v) is 10.6. The van der Waals surface area contributed by atoms with E-state index in [4.69, 9.17) is 19.3 Å². The van der Waals surface area contributed by atoms with Crippen molar-refractivity contribution in [1.29, 1.82) is 0 Å². The topological polar surface area (TPSA) is 184 Å². The van der Waals surface area contributed by atoms with Crippen molar-refractivity contribution in [2.24, 2.45) is 0 Å². The van der Waals surface area contributed by atoms with E-state index < -0.39 is 35.8 Å². The van der Waals surface area contributed by atoms with Crippen LogP contribution in [0.15, 0.2) is 27.3 Å². The molecule has 0 saturated heterocycles. The molecule has 0 radical (unpaired) electrons. The highest BCUT2D eigenvalue weighted by molar-refractivity contribution is 6.40. The first-order valence-corrected chi connectivity index (χ1v) is 17.1. The van der Waals surface area contributed by atoms with Gasteiger partial charge in [0.2, 0.25) is 0 Å². The molecule has 2 atom stereocenters. The lowest BCUT2D eigenvalue weighted by atomic mass is 9.78. The number of methoxy groups -OCH3 is 1. The predicted octanol–water partition coefficient (Wildman–Crippen LogP) is 4.08. The first kappa shape index (κ1) is 34.8. The summed E-state index contributed by atoms with van der Waals surface area (Å²) >= 11 is 0. The summed E-state index contributed by atoms with van der Waals surface area (Å²) < 4.78 is 17.0. The number of benzene rings is 5. The van der Waals surface area contributed by atoms with Crippen molar-refractivity contribution in [2.75, 3.05) is 50.8 Å². The quantitative estimate of drug-likeness (QED) is 0.0625. The Morgan fingerprint density at radius 1 is 0.824 bits per heavy atom. The van der Waals surface area contributed by atoms with Crippen molar-refractivity contribution in [3.8, 4) is 11.5 Å². The molecule has 0 spiro atoms. The number of fused-ring (bicyclic) bond motifs is 4. The Hall–Kier alpha value is -4.59.